The maximum absolute atomic E-state index is 6.23. The summed E-state index contributed by atoms with van der Waals surface area (Å²) in [5, 5.41) is 4.56. The van der Waals surface area contributed by atoms with Gasteiger partial charge in [-0.1, -0.05) is 47.5 Å². The van der Waals surface area contributed by atoms with Gasteiger partial charge in [-0.05, 0) is 28.8 Å². The fourth-order valence-corrected chi connectivity index (χ4v) is 2.60. The Kier molecular flexibility index (Phi) is 2.83. The zero-order valence-electron chi connectivity index (χ0n) is 9.13. The topological polar surface area (TPSA) is 12.0 Å². The van der Waals surface area contributed by atoms with Crippen LogP contribution in [0, 0.1) is 0 Å². The van der Waals surface area contributed by atoms with Crippen LogP contribution in [0.15, 0.2) is 36.4 Å². The van der Waals surface area contributed by atoms with Crippen molar-refractivity contribution in [1.82, 2.24) is 5.32 Å². The monoisotopic (exact) mass is 263 g/mol. The first-order valence-electron chi connectivity index (χ1n) is 5.52. The zero-order chi connectivity index (χ0) is 11.8. The summed E-state index contributed by atoms with van der Waals surface area (Å²) in [7, 11) is 0. The third-order valence-electron chi connectivity index (χ3n) is 3.10. The lowest BCUT2D eigenvalue weighted by Gasteiger charge is -2.07. The van der Waals surface area contributed by atoms with E-state index in [2.05, 4.69) is 23.5 Å². The lowest BCUT2D eigenvalue weighted by Crippen LogP contribution is -1.99. The van der Waals surface area contributed by atoms with Crippen molar-refractivity contribution in [1.29, 1.82) is 0 Å². The Morgan fingerprint density at radius 3 is 2.65 bits per heavy atom. The average Bonchev–Trinajstić information content (AvgIpc) is 2.79. The molecule has 2 aromatic carbocycles. The Labute approximate surface area is 110 Å². The molecule has 0 atom stereocenters. The predicted molar refractivity (Wildman–Crippen MR) is 72.4 cm³/mol. The summed E-state index contributed by atoms with van der Waals surface area (Å²) < 4.78 is 0. The summed E-state index contributed by atoms with van der Waals surface area (Å²) in [6.07, 6.45) is 0. The van der Waals surface area contributed by atoms with Crippen LogP contribution in [0.1, 0.15) is 11.1 Å². The molecule has 1 aliphatic rings. The van der Waals surface area contributed by atoms with Gasteiger partial charge < -0.3 is 5.32 Å². The van der Waals surface area contributed by atoms with Crippen LogP contribution in [0.25, 0.3) is 11.1 Å². The highest BCUT2D eigenvalue weighted by Crippen LogP contribution is 2.34. The fourth-order valence-electron chi connectivity index (χ4n) is 2.19. The summed E-state index contributed by atoms with van der Waals surface area (Å²) in [5.74, 6) is 0. The highest BCUT2D eigenvalue weighted by molar-refractivity contribution is 6.43. The Bertz CT molecular complexity index is 578. The molecule has 1 aliphatic heterocycles. The summed E-state index contributed by atoms with van der Waals surface area (Å²) >= 11 is 12.3. The van der Waals surface area contributed by atoms with Gasteiger partial charge in [0.2, 0.25) is 0 Å². The van der Waals surface area contributed by atoms with Gasteiger partial charge >= 0.3 is 0 Å². The second-order valence-electron chi connectivity index (χ2n) is 4.19. The first kappa shape index (κ1) is 11.1. The molecule has 3 heteroatoms. The number of hydrogen-bond acceptors (Lipinski definition) is 1. The molecule has 86 valence electrons. The molecule has 0 amide bonds. The van der Waals surface area contributed by atoms with E-state index in [4.69, 9.17) is 23.2 Å². The van der Waals surface area contributed by atoms with E-state index in [-0.39, 0.29) is 0 Å². The standard InChI is InChI=1S/C14H11Cl2N/c15-13-3-1-2-12(14(13)16)9-4-5-10-7-17-8-11(10)6-9/h1-6,17H,7-8H2. The van der Waals surface area contributed by atoms with Gasteiger partial charge in [0.15, 0.2) is 0 Å². The molecule has 1 N–H and O–H groups in total. The Morgan fingerprint density at radius 1 is 0.941 bits per heavy atom. The van der Waals surface area contributed by atoms with E-state index in [0.717, 1.165) is 24.2 Å². The minimum absolute atomic E-state index is 0.600. The number of rotatable bonds is 1. The van der Waals surface area contributed by atoms with Crippen LogP contribution >= 0.6 is 23.2 Å². The number of benzene rings is 2. The molecule has 0 unspecified atom stereocenters. The van der Waals surface area contributed by atoms with Crippen molar-refractivity contribution in [2.45, 2.75) is 13.1 Å². The molecule has 3 rings (SSSR count). The van der Waals surface area contributed by atoms with Gasteiger partial charge in [-0.2, -0.15) is 0 Å². The zero-order valence-corrected chi connectivity index (χ0v) is 10.6. The molecule has 0 radical (unpaired) electrons. The van der Waals surface area contributed by atoms with Crippen molar-refractivity contribution in [2.24, 2.45) is 0 Å². The first-order chi connectivity index (χ1) is 8.25. The molecular weight excluding hydrogens is 253 g/mol. The molecule has 1 nitrogen and oxygen atoms in total. The molecule has 0 fully saturated rings. The van der Waals surface area contributed by atoms with Crippen LogP contribution in [-0.2, 0) is 13.1 Å². The summed E-state index contributed by atoms with van der Waals surface area (Å²) in [4.78, 5) is 0. The fraction of sp³-hybridized carbons (Fsp3) is 0.143. The minimum Gasteiger partial charge on any atom is -0.309 e. The number of halogens is 2. The molecule has 0 aliphatic carbocycles. The Hall–Kier alpha value is -1.02. The molecular formula is C14H11Cl2N. The number of fused-ring (bicyclic) bond motifs is 1. The van der Waals surface area contributed by atoms with Crippen molar-refractivity contribution in [3.63, 3.8) is 0 Å². The minimum atomic E-state index is 0.600. The van der Waals surface area contributed by atoms with E-state index in [9.17, 15) is 0 Å². The first-order valence-corrected chi connectivity index (χ1v) is 6.28. The molecule has 0 saturated heterocycles. The summed E-state index contributed by atoms with van der Waals surface area (Å²) in [6, 6.07) is 12.2. The van der Waals surface area contributed by atoms with Gasteiger partial charge in [0.05, 0.1) is 10.0 Å². The molecule has 0 saturated carbocycles. The van der Waals surface area contributed by atoms with Crippen LogP contribution < -0.4 is 5.32 Å². The van der Waals surface area contributed by atoms with Gasteiger partial charge in [0.1, 0.15) is 0 Å². The van der Waals surface area contributed by atoms with Crippen LogP contribution in [0.3, 0.4) is 0 Å². The maximum Gasteiger partial charge on any atom is 0.0670 e. The average molecular weight is 264 g/mol. The molecule has 0 aromatic heterocycles. The van der Waals surface area contributed by atoms with Crippen molar-refractivity contribution in [2.75, 3.05) is 0 Å². The van der Waals surface area contributed by atoms with Gasteiger partial charge in [-0.25, -0.2) is 0 Å². The molecule has 0 spiro atoms. The molecule has 17 heavy (non-hydrogen) atoms. The van der Waals surface area contributed by atoms with E-state index >= 15 is 0 Å². The van der Waals surface area contributed by atoms with Crippen LogP contribution in [-0.4, -0.2) is 0 Å². The summed E-state index contributed by atoms with van der Waals surface area (Å²) in [6.45, 7) is 1.89. The largest absolute Gasteiger partial charge is 0.309 e. The van der Waals surface area contributed by atoms with E-state index in [1.165, 1.54) is 11.1 Å². The lowest BCUT2D eigenvalue weighted by molar-refractivity contribution is 0.765. The van der Waals surface area contributed by atoms with Crippen LogP contribution in [0.4, 0.5) is 0 Å². The van der Waals surface area contributed by atoms with Gasteiger partial charge in [0.25, 0.3) is 0 Å². The predicted octanol–water partition coefficient (Wildman–Crippen LogP) is 4.26. The molecule has 2 aromatic rings. The summed E-state index contributed by atoms with van der Waals surface area (Å²) in [5.41, 5.74) is 4.83. The number of hydrogen-bond donors (Lipinski definition) is 1. The van der Waals surface area contributed by atoms with E-state index in [1.807, 2.05) is 18.2 Å². The van der Waals surface area contributed by atoms with Gasteiger partial charge in [0, 0.05) is 18.7 Å². The van der Waals surface area contributed by atoms with Crippen molar-refractivity contribution < 1.29 is 0 Å². The smallest absolute Gasteiger partial charge is 0.0670 e. The van der Waals surface area contributed by atoms with E-state index in [0.29, 0.717) is 10.0 Å². The lowest BCUT2D eigenvalue weighted by atomic mass is 10.0. The highest BCUT2D eigenvalue weighted by Gasteiger charge is 2.12. The highest BCUT2D eigenvalue weighted by atomic mass is 35.5. The van der Waals surface area contributed by atoms with Crippen molar-refractivity contribution in [3.05, 3.63) is 57.6 Å². The second kappa shape index (κ2) is 4.34. The van der Waals surface area contributed by atoms with E-state index in [1.54, 1.807) is 0 Å². The molecule has 1 heterocycles. The van der Waals surface area contributed by atoms with Gasteiger partial charge in [-0.3, -0.25) is 0 Å². The number of nitrogens with one attached hydrogen (secondary N) is 1. The van der Waals surface area contributed by atoms with Crippen molar-refractivity contribution in [3.8, 4) is 11.1 Å². The quantitative estimate of drug-likeness (QED) is 0.811. The van der Waals surface area contributed by atoms with Crippen LogP contribution in [0.5, 0.6) is 0 Å². The maximum atomic E-state index is 6.23. The Morgan fingerprint density at radius 2 is 1.76 bits per heavy atom. The third kappa shape index (κ3) is 1.95. The van der Waals surface area contributed by atoms with Gasteiger partial charge in [-0.15, -0.1) is 0 Å². The SMILES string of the molecule is Clc1cccc(-c2ccc3c(c2)CNC3)c1Cl. The normalized spacial score (nSPS) is 13.8. The van der Waals surface area contributed by atoms with Crippen molar-refractivity contribution >= 4 is 23.2 Å². The third-order valence-corrected chi connectivity index (χ3v) is 3.92. The van der Waals surface area contributed by atoms with Crippen LogP contribution in [0.2, 0.25) is 10.0 Å². The molecule has 0 bridgehead atoms. The second-order valence-corrected chi connectivity index (χ2v) is 4.97. The van der Waals surface area contributed by atoms with E-state index < -0.39 is 0 Å². The Balaban J connectivity index is 2.13.